The molecule has 1 aromatic rings. The molecule has 110 valence electrons. The minimum atomic E-state index is -3.59. The van der Waals surface area contributed by atoms with Crippen molar-refractivity contribution in [2.75, 3.05) is 13.2 Å². The molecule has 1 aliphatic rings. The van der Waals surface area contributed by atoms with E-state index in [-0.39, 0.29) is 4.90 Å². The quantitative estimate of drug-likeness (QED) is 0.593. The van der Waals surface area contributed by atoms with Crippen LogP contribution in [0.3, 0.4) is 0 Å². The van der Waals surface area contributed by atoms with Crippen molar-refractivity contribution in [3.8, 4) is 0 Å². The predicted molar refractivity (Wildman–Crippen MR) is 74.6 cm³/mol. The first-order valence-electron chi connectivity index (χ1n) is 6.81. The van der Waals surface area contributed by atoms with E-state index >= 15 is 0 Å². The first-order valence-corrected chi connectivity index (χ1v) is 8.25. The first-order chi connectivity index (χ1) is 9.57. The predicted octanol–water partition coefficient (Wildman–Crippen LogP) is 1.79. The lowest BCUT2D eigenvalue weighted by Gasteiger charge is -2.37. The van der Waals surface area contributed by atoms with Gasteiger partial charge in [0.1, 0.15) is 6.04 Å². The van der Waals surface area contributed by atoms with Crippen molar-refractivity contribution in [3.63, 3.8) is 0 Å². The Hall–Kier alpha value is -1.40. The van der Waals surface area contributed by atoms with Crippen molar-refractivity contribution < 1.29 is 17.9 Å². The Morgan fingerprint density at radius 2 is 2.05 bits per heavy atom. The van der Waals surface area contributed by atoms with Gasteiger partial charge in [0, 0.05) is 6.54 Å². The molecule has 1 aliphatic heterocycles. The highest BCUT2D eigenvalue weighted by atomic mass is 32.2. The van der Waals surface area contributed by atoms with E-state index in [1.54, 1.807) is 18.2 Å². The van der Waals surface area contributed by atoms with Crippen LogP contribution in [0, 0.1) is 0 Å². The van der Waals surface area contributed by atoms with Crippen LogP contribution in [0.25, 0.3) is 0 Å². The molecule has 1 saturated heterocycles. The van der Waals surface area contributed by atoms with Gasteiger partial charge in [-0.1, -0.05) is 31.5 Å². The van der Waals surface area contributed by atoms with Crippen LogP contribution in [0.15, 0.2) is 35.2 Å². The average molecular weight is 297 g/mol. The summed E-state index contributed by atoms with van der Waals surface area (Å²) in [5.41, 5.74) is 0. The highest BCUT2D eigenvalue weighted by Crippen LogP contribution is 2.27. The Morgan fingerprint density at radius 1 is 1.35 bits per heavy atom. The smallest absolute Gasteiger partial charge is 0.324 e. The van der Waals surface area contributed by atoms with E-state index in [9.17, 15) is 13.2 Å². The Balaban J connectivity index is 2.05. The van der Waals surface area contributed by atoms with Crippen LogP contribution in [-0.2, 0) is 19.6 Å². The molecule has 0 aromatic heterocycles. The van der Waals surface area contributed by atoms with Gasteiger partial charge in [-0.15, -0.1) is 0 Å². The molecule has 1 atom stereocenters. The van der Waals surface area contributed by atoms with Gasteiger partial charge in [0.2, 0.25) is 10.0 Å². The van der Waals surface area contributed by atoms with Crippen molar-refractivity contribution in [1.29, 1.82) is 0 Å². The number of unbranched alkanes of at least 4 members (excludes halogenated alkanes) is 1. The van der Waals surface area contributed by atoms with Gasteiger partial charge in [-0.2, -0.15) is 4.31 Å². The molecule has 5 nitrogen and oxygen atoms in total. The zero-order valence-electron chi connectivity index (χ0n) is 11.5. The number of hydrogen-bond donors (Lipinski definition) is 0. The van der Waals surface area contributed by atoms with Crippen molar-refractivity contribution >= 4 is 16.0 Å². The molecule has 1 unspecified atom stereocenters. The van der Waals surface area contributed by atoms with Gasteiger partial charge >= 0.3 is 5.97 Å². The van der Waals surface area contributed by atoms with Crippen LogP contribution in [0.1, 0.15) is 26.2 Å². The summed E-state index contributed by atoms with van der Waals surface area (Å²) < 4.78 is 31.1. The monoisotopic (exact) mass is 297 g/mol. The highest BCUT2D eigenvalue weighted by Gasteiger charge is 2.43. The molecular weight excluding hydrogens is 278 g/mol. The molecular formula is C14H19NO4S. The topological polar surface area (TPSA) is 63.7 Å². The lowest BCUT2D eigenvalue weighted by molar-refractivity contribution is -0.151. The van der Waals surface area contributed by atoms with Crippen molar-refractivity contribution in [1.82, 2.24) is 4.31 Å². The average Bonchev–Trinajstić information content (AvgIpc) is 2.38. The van der Waals surface area contributed by atoms with Gasteiger partial charge in [0.25, 0.3) is 0 Å². The third-order valence-corrected chi connectivity index (χ3v) is 5.26. The summed E-state index contributed by atoms with van der Waals surface area (Å²) in [6.07, 6.45) is 2.25. The number of ether oxygens (including phenoxy) is 1. The molecule has 20 heavy (non-hydrogen) atoms. The maximum atomic E-state index is 12.4. The van der Waals surface area contributed by atoms with E-state index in [1.807, 2.05) is 6.92 Å². The summed E-state index contributed by atoms with van der Waals surface area (Å²) in [5.74, 6) is -0.441. The number of carbonyl (C=O) groups excluding carboxylic acids is 1. The molecule has 0 bridgehead atoms. The number of hydrogen-bond acceptors (Lipinski definition) is 4. The second kappa shape index (κ2) is 6.37. The van der Waals surface area contributed by atoms with Crippen LogP contribution in [0.2, 0.25) is 0 Å². The Morgan fingerprint density at radius 3 is 2.60 bits per heavy atom. The summed E-state index contributed by atoms with van der Waals surface area (Å²) in [4.78, 5) is 12.1. The summed E-state index contributed by atoms with van der Waals surface area (Å²) >= 11 is 0. The Kier molecular flexibility index (Phi) is 4.77. The molecule has 1 fully saturated rings. The number of carbonyl (C=O) groups is 1. The van der Waals surface area contributed by atoms with E-state index in [0.717, 1.165) is 12.8 Å². The normalized spacial score (nSPS) is 19.4. The summed E-state index contributed by atoms with van der Waals surface area (Å²) in [6.45, 7) is 2.72. The zero-order chi connectivity index (χ0) is 14.6. The number of benzene rings is 1. The zero-order valence-corrected chi connectivity index (χ0v) is 12.3. The van der Waals surface area contributed by atoms with Gasteiger partial charge in [-0.3, -0.25) is 4.79 Å². The lowest BCUT2D eigenvalue weighted by Crippen LogP contribution is -2.55. The largest absolute Gasteiger partial charge is 0.464 e. The minimum Gasteiger partial charge on any atom is -0.464 e. The fourth-order valence-electron chi connectivity index (χ4n) is 2.03. The second-order valence-electron chi connectivity index (χ2n) is 4.75. The second-order valence-corrected chi connectivity index (χ2v) is 6.64. The number of esters is 1. The number of rotatable bonds is 6. The van der Waals surface area contributed by atoms with E-state index in [0.29, 0.717) is 19.6 Å². The lowest BCUT2D eigenvalue weighted by atomic mass is 10.1. The maximum absolute atomic E-state index is 12.4. The highest BCUT2D eigenvalue weighted by molar-refractivity contribution is 7.89. The van der Waals surface area contributed by atoms with Crippen LogP contribution in [0.4, 0.5) is 0 Å². The van der Waals surface area contributed by atoms with Crippen LogP contribution in [0.5, 0.6) is 0 Å². The summed E-state index contributed by atoms with van der Waals surface area (Å²) in [5, 5.41) is 0. The number of nitrogens with zero attached hydrogens (tertiary/aromatic N) is 1. The molecule has 2 rings (SSSR count). The standard InChI is InChI=1S/C14H19NO4S/c1-2-3-11-19-14(16)13-9-10-15(13)20(17,18)12-7-5-4-6-8-12/h4-8,13H,2-3,9-11H2,1H3. The summed E-state index contributed by atoms with van der Waals surface area (Å²) in [6, 6.07) is 7.49. The third-order valence-electron chi connectivity index (χ3n) is 3.33. The van der Waals surface area contributed by atoms with Crippen molar-refractivity contribution in [2.24, 2.45) is 0 Å². The minimum absolute atomic E-state index is 0.214. The molecule has 1 heterocycles. The van der Waals surface area contributed by atoms with Crippen LogP contribution >= 0.6 is 0 Å². The first kappa shape index (κ1) is 15.0. The molecule has 1 aromatic carbocycles. The van der Waals surface area contributed by atoms with Crippen LogP contribution < -0.4 is 0 Å². The fraction of sp³-hybridized carbons (Fsp3) is 0.500. The van der Waals surface area contributed by atoms with Gasteiger partial charge in [0.15, 0.2) is 0 Å². The molecule has 0 saturated carbocycles. The third kappa shape index (κ3) is 3.02. The van der Waals surface area contributed by atoms with Gasteiger partial charge in [-0.05, 0) is 25.0 Å². The SMILES string of the molecule is CCCCOC(=O)C1CCN1S(=O)(=O)c1ccccc1. The van der Waals surface area contributed by atoms with E-state index in [2.05, 4.69) is 0 Å². The van der Waals surface area contributed by atoms with E-state index < -0.39 is 22.0 Å². The van der Waals surface area contributed by atoms with E-state index in [1.165, 1.54) is 16.4 Å². The molecule has 0 spiro atoms. The Labute approximate surface area is 119 Å². The summed E-state index contributed by atoms with van der Waals surface area (Å²) in [7, 11) is -3.59. The van der Waals surface area contributed by atoms with Crippen LogP contribution in [-0.4, -0.2) is 37.9 Å². The maximum Gasteiger partial charge on any atom is 0.324 e. The fourth-order valence-corrected chi connectivity index (χ4v) is 3.67. The van der Waals surface area contributed by atoms with Gasteiger partial charge in [-0.25, -0.2) is 8.42 Å². The Bertz CT molecular complexity index is 556. The van der Waals surface area contributed by atoms with Gasteiger partial charge in [0.05, 0.1) is 11.5 Å². The molecule has 0 radical (unpaired) electrons. The molecule has 0 amide bonds. The van der Waals surface area contributed by atoms with Crippen molar-refractivity contribution in [3.05, 3.63) is 30.3 Å². The molecule has 0 N–H and O–H groups in total. The van der Waals surface area contributed by atoms with Crippen molar-refractivity contribution in [2.45, 2.75) is 37.1 Å². The number of sulfonamides is 1. The molecule has 0 aliphatic carbocycles. The van der Waals surface area contributed by atoms with Gasteiger partial charge < -0.3 is 4.74 Å². The molecule has 6 heteroatoms. The van der Waals surface area contributed by atoms with E-state index in [4.69, 9.17) is 4.74 Å².